The number of hydrogen-bond acceptors (Lipinski definition) is 3. The molecule has 1 saturated heterocycles. The van der Waals surface area contributed by atoms with E-state index in [9.17, 15) is 0 Å². The maximum absolute atomic E-state index is 6.46. The first-order valence-electron chi connectivity index (χ1n) is 7.72. The first-order chi connectivity index (χ1) is 9.58. The minimum absolute atomic E-state index is 0.471. The molecule has 1 fully saturated rings. The molecule has 1 aliphatic rings. The molecule has 0 spiro atoms. The van der Waals surface area contributed by atoms with Gasteiger partial charge in [0.15, 0.2) is 0 Å². The minimum Gasteiger partial charge on any atom is -0.353 e. The number of pyridine rings is 1. The summed E-state index contributed by atoms with van der Waals surface area (Å²) in [4.78, 5) is 7.00. The minimum atomic E-state index is 0.471. The highest BCUT2D eigenvalue weighted by Gasteiger charge is 2.20. The van der Waals surface area contributed by atoms with Crippen LogP contribution in [-0.4, -0.2) is 23.6 Å². The molecule has 0 radical (unpaired) electrons. The van der Waals surface area contributed by atoms with Gasteiger partial charge in [0.2, 0.25) is 0 Å². The number of aromatic nitrogens is 1. The Labute approximate surface area is 127 Å². The molecule has 112 valence electrons. The average Bonchev–Trinajstić information content (AvgIpc) is 2.61. The van der Waals surface area contributed by atoms with E-state index in [2.05, 4.69) is 42.0 Å². The summed E-state index contributed by atoms with van der Waals surface area (Å²) < 4.78 is 0. The van der Waals surface area contributed by atoms with E-state index in [0.29, 0.717) is 12.1 Å². The van der Waals surface area contributed by atoms with Crippen molar-refractivity contribution >= 4 is 17.4 Å². The molecule has 1 aliphatic heterocycles. The van der Waals surface area contributed by atoms with Gasteiger partial charge in [-0.25, -0.2) is 4.98 Å². The van der Waals surface area contributed by atoms with Gasteiger partial charge in [0.1, 0.15) is 5.82 Å². The van der Waals surface area contributed by atoms with Crippen molar-refractivity contribution in [1.29, 1.82) is 0 Å². The summed E-state index contributed by atoms with van der Waals surface area (Å²) in [6.07, 6.45) is 7.04. The third-order valence-electron chi connectivity index (χ3n) is 3.92. The molecule has 20 heavy (non-hydrogen) atoms. The SMILES string of the molecule is CC(C)NCc1cnc(N2CCCCCC2C)c(Cl)c1. The number of nitrogens with zero attached hydrogens (tertiary/aromatic N) is 2. The Morgan fingerprint density at radius 2 is 2.20 bits per heavy atom. The van der Waals surface area contributed by atoms with Crippen molar-refractivity contribution < 1.29 is 0 Å². The highest BCUT2D eigenvalue weighted by atomic mass is 35.5. The van der Waals surface area contributed by atoms with Crippen LogP contribution in [-0.2, 0) is 6.54 Å². The van der Waals surface area contributed by atoms with Gasteiger partial charge in [-0.1, -0.05) is 38.3 Å². The molecule has 1 unspecified atom stereocenters. The third kappa shape index (κ3) is 4.10. The summed E-state index contributed by atoms with van der Waals surface area (Å²) in [7, 11) is 0. The molecule has 1 N–H and O–H groups in total. The van der Waals surface area contributed by atoms with Crippen LogP contribution in [0.1, 0.15) is 52.0 Å². The standard InChI is InChI=1S/C16H26ClN3/c1-12(2)18-10-14-9-15(17)16(19-11-14)20-8-6-4-5-7-13(20)3/h9,11-13,18H,4-8,10H2,1-3H3. The van der Waals surface area contributed by atoms with E-state index < -0.39 is 0 Å². The van der Waals surface area contributed by atoms with E-state index in [4.69, 9.17) is 11.6 Å². The Morgan fingerprint density at radius 3 is 2.90 bits per heavy atom. The van der Waals surface area contributed by atoms with Crippen LogP contribution in [0.3, 0.4) is 0 Å². The molecule has 1 aromatic heterocycles. The fourth-order valence-electron chi connectivity index (χ4n) is 2.69. The lowest BCUT2D eigenvalue weighted by molar-refractivity contribution is 0.587. The summed E-state index contributed by atoms with van der Waals surface area (Å²) in [5.41, 5.74) is 1.15. The largest absolute Gasteiger partial charge is 0.353 e. The van der Waals surface area contributed by atoms with Crippen LogP contribution < -0.4 is 10.2 Å². The average molecular weight is 296 g/mol. The van der Waals surface area contributed by atoms with E-state index in [0.717, 1.165) is 29.5 Å². The van der Waals surface area contributed by atoms with Gasteiger partial charge in [0.05, 0.1) is 5.02 Å². The molecule has 0 saturated carbocycles. The van der Waals surface area contributed by atoms with E-state index in [-0.39, 0.29) is 0 Å². The van der Waals surface area contributed by atoms with Crippen LogP contribution in [0.2, 0.25) is 5.02 Å². The third-order valence-corrected chi connectivity index (χ3v) is 4.20. The smallest absolute Gasteiger partial charge is 0.147 e. The summed E-state index contributed by atoms with van der Waals surface area (Å²) in [6.45, 7) is 8.44. The van der Waals surface area contributed by atoms with E-state index in [1.165, 1.54) is 25.7 Å². The van der Waals surface area contributed by atoms with Gasteiger partial charge in [0.25, 0.3) is 0 Å². The molecule has 0 aromatic carbocycles. The molecule has 2 heterocycles. The highest BCUT2D eigenvalue weighted by molar-refractivity contribution is 6.33. The van der Waals surface area contributed by atoms with Crippen molar-refractivity contribution in [3.63, 3.8) is 0 Å². The van der Waals surface area contributed by atoms with E-state index in [1.807, 2.05) is 6.20 Å². The zero-order chi connectivity index (χ0) is 14.5. The van der Waals surface area contributed by atoms with Gasteiger partial charge in [-0.3, -0.25) is 0 Å². The van der Waals surface area contributed by atoms with Gasteiger partial charge < -0.3 is 10.2 Å². The Bertz CT molecular complexity index is 434. The molecule has 1 aromatic rings. The molecular formula is C16H26ClN3. The molecule has 4 heteroatoms. The number of rotatable bonds is 4. The lowest BCUT2D eigenvalue weighted by Gasteiger charge is -2.29. The van der Waals surface area contributed by atoms with Crippen molar-refractivity contribution in [2.75, 3.05) is 11.4 Å². The van der Waals surface area contributed by atoms with Crippen LogP contribution in [0.5, 0.6) is 0 Å². The van der Waals surface area contributed by atoms with Crippen molar-refractivity contribution in [3.05, 3.63) is 22.8 Å². The summed E-state index contributed by atoms with van der Waals surface area (Å²) in [5.74, 6) is 0.953. The van der Waals surface area contributed by atoms with Gasteiger partial charge in [-0.2, -0.15) is 0 Å². The lowest BCUT2D eigenvalue weighted by atomic mass is 10.1. The van der Waals surface area contributed by atoms with E-state index >= 15 is 0 Å². The van der Waals surface area contributed by atoms with Gasteiger partial charge >= 0.3 is 0 Å². The normalized spacial score (nSPS) is 20.2. The number of halogens is 1. The van der Waals surface area contributed by atoms with Crippen molar-refractivity contribution in [2.45, 2.75) is 65.1 Å². The van der Waals surface area contributed by atoms with Gasteiger partial charge in [-0.15, -0.1) is 0 Å². The molecular weight excluding hydrogens is 270 g/mol. The van der Waals surface area contributed by atoms with Crippen LogP contribution in [0.25, 0.3) is 0 Å². The Hall–Kier alpha value is -0.800. The summed E-state index contributed by atoms with van der Waals surface area (Å²) >= 11 is 6.46. The van der Waals surface area contributed by atoms with Crippen molar-refractivity contribution in [2.24, 2.45) is 0 Å². The van der Waals surface area contributed by atoms with E-state index in [1.54, 1.807) is 0 Å². The topological polar surface area (TPSA) is 28.2 Å². The maximum atomic E-state index is 6.46. The molecule has 0 bridgehead atoms. The first kappa shape index (κ1) is 15.6. The zero-order valence-corrected chi connectivity index (χ0v) is 13.6. The molecule has 2 rings (SSSR count). The predicted molar refractivity (Wildman–Crippen MR) is 86.5 cm³/mol. The van der Waals surface area contributed by atoms with Crippen LogP contribution in [0.15, 0.2) is 12.3 Å². The predicted octanol–water partition coefficient (Wildman–Crippen LogP) is 4.00. The second-order valence-electron chi connectivity index (χ2n) is 6.08. The van der Waals surface area contributed by atoms with Crippen LogP contribution in [0.4, 0.5) is 5.82 Å². The second-order valence-corrected chi connectivity index (χ2v) is 6.48. The second kappa shape index (κ2) is 7.28. The monoisotopic (exact) mass is 295 g/mol. The Morgan fingerprint density at radius 1 is 1.40 bits per heavy atom. The fourth-order valence-corrected chi connectivity index (χ4v) is 2.99. The fraction of sp³-hybridized carbons (Fsp3) is 0.688. The first-order valence-corrected chi connectivity index (χ1v) is 8.10. The Kier molecular flexibility index (Phi) is 5.67. The number of hydrogen-bond donors (Lipinski definition) is 1. The van der Waals surface area contributed by atoms with Crippen LogP contribution >= 0.6 is 11.6 Å². The molecule has 0 amide bonds. The summed E-state index contributed by atoms with van der Waals surface area (Å²) in [5, 5.41) is 4.17. The quantitative estimate of drug-likeness (QED) is 0.910. The molecule has 0 aliphatic carbocycles. The van der Waals surface area contributed by atoms with Crippen molar-refractivity contribution in [3.8, 4) is 0 Å². The van der Waals surface area contributed by atoms with Gasteiger partial charge in [0, 0.05) is 31.4 Å². The van der Waals surface area contributed by atoms with Crippen LogP contribution in [0, 0.1) is 0 Å². The van der Waals surface area contributed by atoms with Gasteiger partial charge in [-0.05, 0) is 31.4 Å². The summed E-state index contributed by atoms with van der Waals surface area (Å²) in [6, 6.07) is 3.05. The zero-order valence-electron chi connectivity index (χ0n) is 12.8. The molecule has 3 nitrogen and oxygen atoms in total. The molecule has 1 atom stereocenters. The number of anilines is 1. The highest BCUT2D eigenvalue weighted by Crippen LogP contribution is 2.29. The maximum Gasteiger partial charge on any atom is 0.147 e. The van der Waals surface area contributed by atoms with Crippen molar-refractivity contribution in [1.82, 2.24) is 10.3 Å². The number of nitrogens with one attached hydrogen (secondary N) is 1. The Balaban J connectivity index is 2.11. The lowest BCUT2D eigenvalue weighted by Crippen LogP contribution is -2.33.